The Kier molecular flexibility index (Phi) is 4.76. The number of fused-ring (bicyclic) bond motifs is 2. The van der Waals surface area contributed by atoms with Crippen LogP contribution in [0, 0.1) is 31.5 Å². The van der Waals surface area contributed by atoms with Crippen molar-refractivity contribution in [3.05, 3.63) is 47.0 Å². The minimum Gasteiger partial charge on any atom is -0.349 e. The third-order valence-corrected chi connectivity index (χ3v) is 6.12. The summed E-state index contributed by atoms with van der Waals surface area (Å²) in [4.78, 5) is 12.8. The zero-order chi connectivity index (χ0) is 19.1. The molecular weight excluding hydrogens is 343 g/mol. The van der Waals surface area contributed by atoms with Crippen LogP contribution in [0.1, 0.15) is 53.8 Å². The normalized spacial score (nSPS) is 27.4. The van der Waals surface area contributed by atoms with E-state index < -0.39 is 5.82 Å². The summed E-state index contributed by atoms with van der Waals surface area (Å²) in [6, 6.07) is 6.91. The molecule has 144 valence electrons. The Morgan fingerprint density at radius 3 is 2.52 bits per heavy atom. The quantitative estimate of drug-likeness (QED) is 0.871. The molecule has 6 heteroatoms. The molecule has 0 saturated heterocycles. The Morgan fingerprint density at radius 2 is 1.93 bits per heavy atom. The van der Waals surface area contributed by atoms with Crippen LogP contribution in [0.3, 0.4) is 0 Å². The van der Waals surface area contributed by atoms with E-state index in [1.807, 2.05) is 19.9 Å². The monoisotopic (exact) mass is 370 g/mol. The van der Waals surface area contributed by atoms with E-state index in [1.54, 1.807) is 16.8 Å². The molecule has 2 aliphatic rings. The summed E-state index contributed by atoms with van der Waals surface area (Å²) >= 11 is 0. The van der Waals surface area contributed by atoms with Gasteiger partial charge in [0.1, 0.15) is 11.5 Å². The highest BCUT2D eigenvalue weighted by Gasteiger charge is 2.40. The van der Waals surface area contributed by atoms with Crippen LogP contribution in [0.4, 0.5) is 4.39 Å². The highest BCUT2D eigenvalue weighted by Crippen LogP contribution is 2.39. The summed E-state index contributed by atoms with van der Waals surface area (Å²) in [5, 5.41) is 7.50. The molecule has 2 fully saturated rings. The fourth-order valence-corrected chi connectivity index (χ4v) is 4.95. The minimum atomic E-state index is -0.445. The summed E-state index contributed by atoms with van der Waals surface area (Å²) in [5.74, 6) is 0.233. The van der Waals surface area contributed by atoms with Gasteiger partial charge in [-0.2, -0.15) is 5.10 Å². The second-order valence-electron chi connectivity index (χ2n) is 8.19. The molecular formula is C21H27FN4O. The Balaban J connectivity index is 1.53. The van der Waals surface area contributed by atoms with Crippen molar-refractivity contribution in [2.24, 2.45) is 17.6 Å². The lowest BCUT2D eigenvalue weighted by molar-refractivity contribution is 0.0755. The number of carbonyl (C=O) groups excluding carboxylic acids is 1. The fraction of sp³-hybridized carbons (Fsp3) is 0.524. The van der Waals surface area contributed by atoms with E-state index in [0.29, 0.717) is 23.1 Å². The van der Waals surface area contributed by atoms with Gasteiger partial charge in [0.25, 0.3) is 5.91 Å². The zero-order valence-corrected chi connectivity index (χ0v) is 15.9. The number of benzene rings is 1. The van der Waals surface area contributed by atoms with Crippen molar-refractivity contribution >= 4 is 5.91 Å². The Labute approximate surface area is 159 Å². The number of rotatable bonds is 3. The van der Waals surface area contributed by atoms with Gasteiger partial charge in [-0.15, -0.1) is 0 Å². The average Bonchev–Trinajstić information content (AvgIpc) is 2.93. The predicted molar refractivity (Wildman–Crippen MR) is 102 cm³/mol. The number of amides is 1. The average molecular weight is 370 g/mol. The molecule has 2 saturated carbocycles. The maximum Gasteiger partial charge on any atom is 0.251 e. The third-order valence-electron chi connectivity index (χ3n) is 6.12. The molecule has 1 amide bonds. The Morgan fingerprint density at radius 1 is 1.22 bits per heavy atom. The second kappa shape index (κ2) is 7.08. The molecule has 2 aliphatic carbocycles. The number of hydrogen-bond donors (Lipinski definition) is 2. The summed E-state index contributed by atoms with van der Waals surface area (Å²) in [6.07, 6.45) is 5.36. The molecule has 0 radical (unpaired) electrons. The van der Waals surface area contributed by atoms with Crippen molar-refractivity contribution < 1.29 is 9.18 Å². The fourth-order valence-electron chi connectivity index (χ4n) is 4.95. The number of hydrogen-bond acceptors (Lipinski definition) is 3. The van der Waals surface area contributed by atoms with Crippen LogP contribution in [-0.4, -0.2) is 27.8 Å². The molecule has 4 rings (SSSR count). The van der Waals surface area contributed by atoms with Crippen LogP contribution in [-0.2, 0) is 0 Å². The predicted octanol–water partition coefficient (Wildman–Crippen LogP) is 3.26. The first kappa shape index (κ1) is 18.2. The van der Waals surface area contributed by atoms with Crippen molar-refractivity contribution in [3.63, 3.8) is 0 Å². The van der Waals surface area contributed by atoms with Gasteiger partial charge in [-0.3, -0.25) is 4.79 Å². The molecule has 27 heavy (non-hydrogen) atoms. The highest BCUT2D eigenvalue weighted by atomic mass is 19.1. The van der Waals surface area contributed by atoms with Crippen molar-refractivity contribution in [2.75, 3.05) is 0 Å². The zero-order valence-electron chi connectivity index (χ0n) is 15.9. The van der Waals surface area contributed by atoms with E-state index in [4.69, 9.17) is 5.73 Å². The first-order chi connectivity index (χ1) is 12.9. The van der Waals surface area contributed by atoms with E-state index in [9.17, 15) is 9.18 Å². The van der Waals surface area contributed by atoms with Gasteiger partial charge in [-0.05, 0) is 75.6 Å². The molecule has 0 spiro atoms. The van der Waals surface area contributed by atoms with Crippen LogP contribution in [0.5, 0.6) is 0 Å². The molecule has 0 aliphatic heterocycles. The van der Waals surface area contributed by atoms with Gasteiger partial charge in [0.15, 0.2) is 0 Å². The lowest BCUT2D eigenvalue weighted by Gasteiger charge is -2.45. The van der Waals surface area contributed by atoms with Crippen molar-refractivity contribution in [3.8, 4) is 5.69 Å². The lowest BCUT2D eigenvalue weighted by Crippen LogP contribution is -2.53. The summed E-state index contributed by atoms with van der Waals surface area (Å²) in [7, 11) is 0. The number of carbonyl (C=O) groups is 1. The Bertz CT molecular complexity index is 848. The number of aromatic nitrogens is 2. The first-order valence-electron chi connectivity index (χ1n) is 9.82. The van der Waals surface area contributed by atoms with Gasteiger partial charge < -0.3 is 11.1 Å². The van der Waals surface area contributed by atoms with Crippen LogP contribution in [0.2, 0.25) is 0 Å². The van der Waals surface area contributed by atoms with Crippen LogP contribution in [0.15, 0.2) is 24.3 Å². The SMILES string of the molecule is Cc1cc(C)n(-c2ccc(C(=O)NC3C4CCCC3CC(N)C4)cc2F)n1. The van der Waals surface area contributed by atoms with Crippen molar-refractivity contribution in [1.82, 2.24) is 15.1 Å². The maximum atomic E-state index is 14.7. The highest BCUT2D eigenvalue weighted by molar-refractivity contribution is 5.94. The van der Waals surface area contributed by atoms with E-state index >= 15 is 0 Å². The first-order valence-corrected chi connectivity index (χ1v) is 9.82. The molecule has 3 N–H and O–H groups in total. The molecule has 1 aromatic heterocycles. The summed E-state index contributed by atoms with van der Waals surface area (Å²) < 4.78 is 16.3. The largest absolute Gasteiger partial charge is 0.349 e. The smallest absolute Gasteiger partial charge is 0.251 e. The number of nitrogens with two attached hydrogens (primary N) is 1. The second-order valence-corrected chi connectivity index (χ2v) is 8.19. The van der Waals surface area contributed by atoms with Crippen molar-refractivity contribution in [2.45, 2.75) is 58.0 Å². The molecule has 1 heterocycles. The molecule has 5 nitrogen and oxygen atoms in total. The molecule has 2 atom stereocenters. The van der Waals surface area contributed by atoms with Gasteiger partial charge in [0, 0.05) is 23.3 Å². The molecule has 2 aromatic rings. The van der Waals surface area contributed by atoms with Crippen LogP contribution in [0.25, 0.3) is 5.69 Å². The number of aryl methyl sites for hydroxylation is 2. The van der Waals surface area contributed by atoms with E-state index in [1.165, 1.54) is 12.5 Å². The summed E-state index contributed by atoms with van der Waals surface area (Å²) in [5.41, 5.74) is 8.56. The van der Waals surface area contributed by atoms with E-state index in [-0.39, 0.29) is 18.0 Å². The van der Waals surface area contributed by atoms with Crippen LogP contribution < -0.4 is 11.1 Å². The number of nitrogens with zero attached hydrogens (tertiary/aromatic N) is 2. The summed E-state index contributed by atoms with van der Waals surface area (Å²) in [6.45, 7) is 3.75. The van der Waals surface area contributed by atoms with Crippen molar-refractivity contribution in [1.29, 1.82) is 0 Å². The van der Waals surface area contributed by atoms with Gasteiger partial charge in [-0.25, -0.2) is 9.07 Å². The minimum absolute atomic E-state index is 0.157. The standard InChI is InChI=1S/C21H27FN4O/c1-12-8-13(2)26(25-12)19-7-6-16(11-18(19)22)21(27)24-20-14-4-3-5-15(20)10-17(23)9-14/h6-8,11,14-15,17,20H,3-5,9-10,23H2,1-2H3,(H,24,27). The number of nitrogens with one attached hydrogen (secondary N) is 1. The topological polar surface area (TPSA) is 72.9 Å². The third kappa shape index (κ3) is 3.50. The van der Waals surface area contributed by atoms with E-state index in [0.717, 1.165) is 37.1 Å². The van der Waals surface area contributed by atoms with Gasteiger partial charge in [0.2, 0.25) is 0 Å². The van der Waals surface area contributed by atoms with E-state index in [2.05, 4.69) is 10.4 Å². The lowest BCUT2D eigenvalue weighted by atomic mass is 9.67. The van der Waals surface area contributed by atoms with Gasteiger partial charge in [-0.1, -0.05) is 6.42 Å². The molecule has 1 aromatic carbocycles. The molecule has 2 unspecified atom stereocenters. The maximum absolute atomic E-state index is 14.7. The Hall–Kier alpha value is -2.21. The number of halogens is 1. The molecule has 2 bridgehead atoms. The van der Waals surface area contributed by atoms with Gasteiger partial charge >= 0.3 is 0 Å². The van der Waals surface area contributed by atoms with Gasteiger partial charge in [0.05, 0.1) is 5.69 Å². The van der Waals surface area contributed by atoms with Crippen LogP contribution >= 0.6 is 0 Å².